The van der Waals surface area contributed by atoms with Crippen LogP contribution in [-0.2, 0) is 4.74 Å². The Morgan fingerprint density at radius 3 is 2.76 bits per heavy atom. The summed E-state index contributed by atoms with van der Waals surface area (Å²) in [4.78, 5) is 16.7. The van der Waals surface area contributed by atoms with Gasteiger partial charge in [0.2, 0.25) is 5.82 Å². The number of rotatable bonds is 5. The Hall–Kier alpha value is -3.45. The maximum Gasteiger partial charge on any atom is 0.358 e. The van der Waals surface area contributed by atoms with Crippen LogP contribution in [-0.4, -0.2) is 32.5 Å². The summed E-state index contributed by atoms with van der Waals surface area (Å²) in [6.45, 7) is 3.96. The first kappa shape index (κ1) is 18.9. The van der Waals surface area contributed by atoms with Crippen molar-refractivity contribution in [3.05, 3.63) is 70.9 Å². The Labute approximate surface area is 171 Å². The van der Waals surface area contributed by atoms with Crippen molar-refractivity contribution >= 4 is 17.6 Å². The van der Waals surface area contributed by atoms with Crippen LogP contribution >= 0.6 is 11.6 Å². The summed E-state index contributed by atoms with van der Waals surface area (Å²) < 4.78 is 12.1. The molecule has 7 nitrogen and oxygen atoms in total. The molecule has 0 aliphatic rings. The maximum atomic E-state index is 12.2. The molecule has 2 aromatic carbocycles. The highest BCUT2D eigenvalue weighted by atomic mass is 35.5. The van der Waals surface area contributed by atoms with Gasteiger partial charge in [0.25, 0.3) is 5.89 Å². The summed E-state index contributed by atoms with van der Waals surface area (Å²) in [5.74, 6) is 0.107. The fourth-order valence-corrected chi connectivity index (χ4v) is 3.09. The standard InChI is InChI=1S/C21H17ClN4O3/c1-3-28-21(27)16-12-18(26(24-16)17-10-5-4-9-15(17)22)20-23-19(25-29-20)14-8-6-7-13(2)11-14/h4-12H,3H2,1-2H3. The van der Waals surface area contributed by atoms with Gasteiger partial charge in [-0.3, -0.25) is 0 Å². The fraction of sp³-hybridized carbons (Fsp3) is 0.143. The third-order valence-corrected chi connectivity index (χ3v) is 4.52. The number of nitrogens with zero attached hydrogens (tertiary/aromatic N) is 4. The van der Waals surface area contributed by atoms with Crippen LogP contribution in [0.15, 0.2) is 59.1 Å². The third kappa shape index (κ3) is 3.77. The second-order valence-corrected chi connectivity index (χ2v) is 6.70. The van der Waals surface area contributed by atoms with Gasteiger partial charge in [0.05, 0.1) is 17.3 Å². The Kier molecular flexibility index (Phi) is 5.14. The summed E-state index contributed by atoms with van der Waals surface area (Å²) in [7, 11) is 0. The van der Waals surface area contributed by atoms with Crippen molar-refractivity contribution in [3.8, 4) is 28.7 Å². The molecule has 0 aliphatic heterocycles. The van der Waals surface area contributed by atoms with Gasteiger partial charge < -0.3 is 9.26 Å². The molecule has 4 aromatic rings. The number of hydrogen-bond acceptors (Lipinski definition) is 6. The van der Waals surface area contributed by atoms with Crippen molar-refractivity contribution in [1.82, 2.24) is 19.9 Å². The van der Waals surface area contributed by atoms with Crippen LogP contribution in [0.3, 0.4) is 0 Å². The summed E-state index contributed by atoms with van der Waals surface area (Å²) >= 11 is 6.34. The first-order valence-electron chi connectivity index (χ1n) is 9.00. The van der Waals surface area contributed by atoms with Crippen LogP contribution in [0, 0.1) is 6.92 Å². The molecule has 0 saturated heterocycles. The minimum atomic E-state index is -0.544. The zero-order chi connectivity index (χ0) is 20.4. The topological polar surface area (TPSA) is 83.0 Å². The average molecular weight is 409 g/mol. The van der Waals surface area contributed by atoms with E-state index in [1.807, 2.05) is 43.3 Å². The SMILES string of the molecule is CCOC(=O)c1cc(-c2nc(-c3cccc(C)c3)no2)n(-c2ccccc2Cl)n1. The molecule has 0 atom stereocenters. The van der Waals surface area contributed by atoms with E-state index < -0.39 is 5.97 Å². The molecule has 2 aromatic heterocycles. The molecule has 0 N–H and O–H groups in total. The highest BCUT2D eigenvalue weighted by Gasteiger charge is 2.23. The molecule has 29 heavy (non-hydrogen) atoms. The van der Waals surface area contributed by atoms with E-state index in [9.17, 15) is 4.79 Å². The summed E-state index contributed by atoms with van der Waals surface area (Å²) in [5, 5.41) is 8.90. The second kappa shape index (κ2) is 7.89. The zero-order valence-electron chi connectivity index (χ0n) is 15.8. The first-order chi connectivity index (χ1) is 14.1. The molecule has 8 heteroatoms. The number of hydrogen-bond donors (Lipinski definition) is 0. The van der Waals surface area contributed by atoms with E-state index >= 15 is 0 Å². The number of para-hydroxylation sites is 1. The molecule has 0 fully saturated rings. The van der Waals surface area contributed by atoms with Gasteiger partial charge in [-0.2, -0.15) is 10.1 Å². The number of ether oxygens (including phenoxy) is 1. The van der Waals surface area contributed by atoms with Crippen molar-refractivity contribution < 1.29 is 14.1 Å². The van der Waals surface area contributed by atoms with E-state index in [2.05, 4.69) is 15.2 Å². The molecule has 0 radical (unpaired) electrons. The van der Waals surface area contributed by atoms with Crippen molar-refractivity contribution in [2.75, 3.05) is 6.61 Å². The molecule has 0 aliphatic carbocycles. The van der Waals surface area contributed by atoms with Crippen LogP contribution in [0.25, 0.3) is 28.7 Å². The molecule has 0 spiro atoms. The lowest BCUT2D eigenvalue weighted by molar-refractivity contribution is 0.0519. The number of aromatic nitrogens is 4. The van der Waals surface area contributed by atoms with Crippen LogP contribution in [0.1, 0.15) is 23.0 Å². The molecule has 2 heterocycles. The van der Waals surface area contributed by atoms with Crippen molar-refractivity contribution in [2.24, 2.45) is 0 Å². The first-order valence-corrected chi connectivity index (χ1v) is 9.38. The number of benzene rings is 2. The largest absolute Gasteiger partial charge is 0.461 e. The maximum absolute atomic E-state index is 12.2. The monoisotopic (exact) mass is 408 g/mol. The average Bonchev–Trinajstić information content (AvgIpc) is 3.36. The summed E-state index contributed by atoms with van der Waals surface area (Å²) in [6.07, 6.45) is 0. The molecular weight excluding hydrogens is 392 g/mol. The van der Waals surface area contributed by atoms with Gasteiger partial charge in [-0.25, -0.2) is 9.48 Å². The van der Waals surface area contributed by atoms with Gasteiger partial charge in [0.1, 0.15) is 5.69 Å². The molecule has 0 saturated carbocycles. The lowest BCUT2D eigenvalue weighted by atomic mass is 10.1. The van der Waals surface area contributed by atoms with Crippen LogP contribution in [0.2, 0.25) is 5.02 Å². The van der Waals surface area contributed by atoms with Gasteiger partial charge in [-0.1, -0.05) is 52.7 Å². The van der Waals surface area contributed by atoms with Crippen LogP contribution in [0.5, 0.6) is 0 Å². The quantitative estimate of drug-likeness (QED) is 0.444. The lowest BCUT2D eigenvalue weighted by Crippen LogP contribution is -2.07. The molecule has 0 unspecified atom stereocenters. The van der Waals surface area contributed by atoms with E-state index in [1.54, 1.807) is 25.1 Å². The predicted molar refractivity (Wildman–Crippen MR) is 108 cm³/mol. The number of esters is 1. The van der Waals surface area contributed by atoms with Gasteiger partial charge in [-0.05, 0) is 32.0 Å². The van der Waals surface area contributed by atoms with E-state index in [1.165, 1.54) is 4.68 Å². The van der Waals surface area contributed by atoms with Crippen molar-refractivity contribution in [1.29, 1.82) is 0 Å². The van der Waals surface area contributed by atoms with Crippen molar-refractivity contribution in [3.63, 3.8) is 0 Å². The fourth-order valence-electron chi connectivity index (χ4n) is 2.87. The number of halogens is 1. The van der Waals surface area contributed by atoms with E-state index in [0.717, 1.165) is 11.1 Å². The highest BCUT2D eigenvalue weighted by Crippen LogP contribution is 2.29. The summed E-state index contributed by atoms with van der Waals surface area (Å²) in [6, 6.07) is 16.5. The number of carbonyl (C=O) groups is 1. The van der Waals surface area contributed by atoms with Gasteiger partial charge >= 0.3 is 5.97 Å². The minimum absolute atomic E-state index is 0.122. The van der Waals surface area contributed by atoms with E-state index in [0.29, 0.717) is 22.2 Å². The van der Waals surface area contributed by atoms with Crippen molar-refractivity contribution in [2.45, 2.75) is 13.8 Å². The van der Waals surface area contributed by atoms with Gasteiger partial charge in [0.15, 0.2) is 5.69 Å². The number of carbonyl (C=O) groups excluding carboxylic acids is 1. The van der Waals surface area contributed by atoms with Gasteiger partial charge in [0, 0.05) is 11.6 Å². The molecule has 0 amide bonds. The second-order valence-electron chi connectivity index (χ2n) is 6.29. The lowest BCUT2D eigenvalue weighted by Gasteiger charge is -2.06. The van der Waals surface area contributed by atoms with E-state index in [4.69, 9.17) is 20.9 Å². The van der Waals surface area contributed by atoms with Crippen LogP contribution < -0.4 is 0 Å². The Morgan fingerprint density at radius 2 is 2.00 bits per heavy atom. The Balaban J connectivity index is 1.82. The molecule has 4 rings (SSSR count). The predicted octanol–water partition coefficient (Wildman–Crippen LogP) is 4.73. The third-order valence-electron chi connectivity index (χ3n) is 4.20. The molecule has 0 bridgehead atoms. The number of aryl methyl sites for hydroxylation is 1. The van der Waals surface area contributed by atoms with E-state index in [-0.39, 0.29) is 18.2 Å². The van der Waals surface area contributed by atoms with Crippen LogP contribution in [0.4, 0.5) is 0 Å². The molecular formula is C21H17ClN4O3. The Morgan fingerprint density at radius 1 is 1.17 bits per heavy atom. The zero-order valence-corrected chi connectivity index (χ0v) is 16.6. The smallest absolute Gasteiger partial charge is 0.358 e. The van der Waals surface area contributed by atoms with Gasteiger partial charge in [-0.15, -0.1) is 0 Å². The summed E-state index contributed by atoms with van der Waals surface area (Å²) in [5.41, 5.74) is 3.05. The highest BCUT2D eigenvalue weighted by molar-refractivity contribution is 6.32. The normalized spacial score (nSPS) is 10.9. The minimum Gasteiger partial charge on any atom is -0.461 e. The Bertz CT molecular complexity index is 1180. The molecule has 146 valence electrons.